The Balaban J connectivity index is 0.00000306. The quantitative estimate of drug-likeness (QED) is 0.629. The molecule has 1 atom stereocenters. The molecule has 1 aromatic carbocycles. The minimum Gasteiger partial charge on any atom is -0.348 e. The number of hydrogen-bond acceptors (Lipinski definition) is 6. The zero-order chi connectivity index (χ0) is 23.3. The van der Waals surface area contributed by atoms with E-state index in [0.29, 0.717) is 36.2 Å². The van der Waals surface area contributed by atoms with E-state index in [1.165, 1.54) is 4.90 Å². The number of likely N-dealkylation sites (N-methyl/N-ethyl adjacent to an activating group) is 1. The van der Waals surface area contributed by atoms with Gasteiger partial charge in [0.1, 0.15) is 28.4 Å². The fourth-order valence-corrected chi connectivity index (χ4v) is 4.17. The highest BCUT2D eigenvalue weighted by Gasteiger charge is 2.36. The van der Waals surface area contributed by atoms with Crippen LogP contribution >= 0.6 is 25.1 Å². The molecule has 2 aromatic rings. The van der Waals surface area contributed by atoms with Gasteiger partial charge in [-0.1, -0.05) is 25.4 Å². The Bertz CT molecular complexity index is 1090. The van der Waals surface area contributed by atoms with E-state index in [1.54, 1.807) is 6.92 Å². The summed E-state index contributed by atoms with van der Waals surface area (Å²) in [4.78, 5) is 37.3. The predicted octanol–water partition coefficient (Wildman–Crippen LogP) is 3.18. The fraction of sp³-hybridized carbons (Fsp3) is 0.429. The Kier molecular flexibility index (Phi) is 7.04. The normalized spacial score (nSPS) is 17.8. The number of rotatable bonds is 4. The van der Waals surface area contributed by atoms with Gasteiger partial charge >= 0.3 is 0 Å². The maximum Gasteiger partial charge on any atom is 0.254 e. The zero-order valence-corrected chi connectivity index (χ0v) is 20.3. The number of carbonyl (C=O) groups excluding carboxylic acids is 2. The van der Waals surface area contributed by atoms with Gasteiger partial charge in [-0.05, 0) is 25.0 Å². The third-order valence-electron chi connectivity index (χ3n) is 5.70. The number of fused-ring (bicyclic) bond motifs is 1. The number of benzene rings is 1. The number of carbonyl (C=O) groups is 2. The molecule has 1 fully saturated rings. The summed E-state index contributed by atoms with van der Waals surface area (Å²) in [5.74, 6) is -1.43. The van der Waals surface area contributed by atoms with Gasteiger partial charge in [0, 0.05) is 25.7 Å². The first-order valence-corrected chi connectivity index (χ1v) is 10.6. The number of aryl methyl sites for hydroxylation is 1. The zero-order valence-electron chi connectivity index (χ0n) is 18.5. The standard InChI is InChI=1S/C21H23ClF2N6O2.H2S/c1-9(2)17-19(31)27-16-10(3)25-21(28-18(16)29(17)4)26-12-7-30(8-12)20(32)11-5-13(23)15(22)14(24)6-11;/h5-6,9,12,17H,7-8H2,1-4H3,(H,27,31)(H,25,26,28);1H2/t17-;/m0./s1. The minimum atomic E-state index is -0.973. The summed E-state index contributed by atoms with van der Waals surface area (Å²) in [7, 11) is 1.83. The molecule has 2 N–H and O–H groups in total. The first kappa shape index (κ1) is 25.0. The van der Waals surface area contributed by atoms with Gasteiger partial charge in [0.05, 0.1) is 11.7 Å². The van der Waals surface area contributed by atoms with E-state index in [1.807, 2.05) is 25.8 Å². The molecule has 33 heavy (non-hydrogen) atoms. The second kappa shape index (κ2) is 9.30. The van der Waals surface area contributed by atoms with E-state index < -0.39 is 22.6 Å². The summed E-state index contributed by atoms with van der Waals surface area (Å²) in [5.41, 5.74) is 1.11. The van der Waals surface area contributed by atoms with Crippen LogP contribution in [-0.4, -0.2) is 58.9 Å². The Hall–Kier alpha value is -2.66. The number of hydrogen-bond donors (Lipinski definition) is 2. The van der Waals surface area contributed by atoms with Gasteiger partial charge in [0.15, 0.2) is 5.82 Å². The monoisotopic (exact) mass is 498 g/mol. The highest BCUT2D eigenvalue weighted by Crippen LogP contribution is 2.34. The second-order valence-corrected chi connectivity index (χ2v) is 8.80. The van der Waals surface area contributed by atoms with Crippen LogP contribution in [0.3, 0.4) is 0 Å². The average molecular weight is 499 g/mol. The molecular weight excluding hydrogens is 474 g/mol. The third kappa shape index (κ3) is 4.56. The van der Waals surface area contributed by atoms with Gasteiger partial charge < -0.3 is 20.4 Å². The van der Waals surface area contributed by atoms with Crippen LogP contribution in [-0.2, 0) is 4.79 Å². The molecule has 0 aliphatic carbocycles. The van der Waals surface area contributed by atoms with Crippen LogP contribution in [0.5, 0.6) is 0 Å². The number of amides is 2. The van der Waals surface area contributed by atoms with Crippen LogP contribution in [0.15, 0.2) is 12.1 Å². The second-order valence-electron chi connectivity index (χ2n) is 8.43. The van der Waals surface area contributed by atoms with E-state index in [0.717, 1.165) is 12.1 Å². The summed E-state index contributed by atoms with van der Waals surface area (Å²) < 4.78 is 27.3. The molecular formula is C21H25ClF2N6O2S. The van der Waals surface area contributed by atoms with Gasteiger partial charge in [-0.2, -0.15) is 18.5 Å². The van der Waals surface area contributed by atoms with Crippen molar-refractivity contribution < 1.29 is 18.4 Å². The molecule has 1 saturated heterocycles. The van der Waals surface area contributed by atoms with E-state index in [4.69, 9.17) is 11.6 Å². The predicted molar refractivity (Wildman–Crippen MR) is 127 cm³/mol. The van der Waals surface area contributed by atoms with Crippen LogP contribution in [0.25, 0.3) is 0 Å². The summed E-state index contributed by atoms with van der Waals surface area (Å²) >= 11 is 5.48. The molecule has 12 heteroatoms. The lowest BCUT2D eigenvalue weighted by atomic mass is 9.99. The van der Waals surface area contributed by atoms with Crippen LogP contribution in [0.2, 0.25) is 5.02 Å². The number of nitrogens with zero attached hydrogens (tertiary/aromatic N) is 4. The van der Waals surface area contributed by atoms with Crippen LogP contribution in [0.1, 0.15) is 29.9 Å². The van der Waals surface area contributed by atoms with Gasteiger partial charge in [0.25, 0.3) is 5.91 Å². The highest BCUT2D eigenvalue weighted by molar-refractivity contribution is 7.59. The average Bonchev–Trinajstić information content (AvgIpc) is 2.68. The van der Waals surface area contributed by atoms with Gasteiger partial charge in [-0.25, -0.2) is 13.8 Å². The van der Waals surface area contributed by atoms with E-state index in [2.05, 4.69) is 20.6 Å². The smallest absolute Gasteiger partial charge is 0.254 e. The van der Waals surface area contributed by atoms with E-state index >= 15 is 0 Å². The van der Waals surface area contributed by atoms with Crippen LogP contribution < -0.4 is 15.5 Å². The van der Waals surface area contributed by atoms with Gasteiger partial charge in [-0.3, -0.25) is 9.59 Å². The molecule has 178 valence electrons. The number of aromatic nitrogens is 2. The van der Waals surface area contributed by atoms with Crippen molar-refractivity contribution in [3.63, 3.8) is 0 Å². The van der Waals surface area contributed by atoms with Crippen molar-refractivity contribution in [1.29, 1.82) is 0 Å². The maximum atomic E-state index is 13.7. The molecule has 8 nitrogen and oxygen atoms in total. The highest BCUT2D eigenvalue weighted by atomic mass is 35.5. The molecule has 0 spiro atoms. The third-order valence-corrected chi connectivity index (χ3v) is 6.06. The molecule has 2 amide bonds. The van der Waals surface area contributed by atoms with Crippen molar-refractivity contribution in [1.82, 2.24) is 14.9 Å². The van der Waals surface area contributed by atoms with Gasteiger partial charge in [0.2, 0.25) is 11.9 Å². The van der Waals surface area contributed by atoms with E-state index in [9.17, 15) is 18.4 Å². The first-order valence-electron chi connectivity index (χ1n) is 10.2. The molecule has 4 rings (SSSR count). The number of halogens is 3. The Morgan fingerprint density at radius 2 is 1.85 bits per heavy atom. The molecule has 2 aliphatic rings. The molecule has 0 unspecified atom stereocenters. The Labute approximate surface area is 202 Å². The largest absolute Gasteiger partial charge is 0.348 e. The van der Waals surface area contributed by atoms with Crippen molar-refractivity contribution in [2.24, 2.45) is 5.92 Å². The maximum absolute atomic E-state index is 13.7. The Morgan fingerprint density at radius 1 is 1.24 bits per heavy atom. The van der Waals surface area contributed by atoms with Crippen LogP contribution in [0.4, 0.5) is 26.2 Å². The summed E-state index contributed by atoms with van der Waals surface area (Å²) in [6, 6.07) is 1.39. The van der Waals surface area contributed by atoms with Crippen molar-refractivity contribution >= 4 is 54.4 Å². The van der Waals surface area contributed by atoms with Crippen molar-refractivity contribution in [3.8, 4) is 0 Å². The summed E-state index contributed by atoms with van der Waals surface area (Å²) in [5, 5.41) is 5.45. The van der Waals surface area contributed by atoms with E-state index in [-0.39, 0.29) is 43.0 Å². The van der Waals surface area contributed by atoms with Crippen LogP contribution in [0, 0.1) is 24.5 Å². The lowest BCUT2D eigenvalue weighted by Gasteiger charge is -2.40. The Morgan fingerprint density at radius 3 is 2.42 bits per heavy atom. The molecule has 0 saturated carbocycles. The van der Waals surface area contributed by atoms with Gasteiger partial charge in [-0.15, -0.1) is 0 Å². The molecule has 1 aromatic heterocycles. The molecule has 3 heterocycles. The molecule has 0 radical (unpaired) electrons. The lowest BCUT2D eigenvalue weighted by Crippen LogP contribution is -2.57. The minimum absolute atomic E-state index is 0. The topological polar surface area (TPSA) is 90.5 Å². The van der Waals surface area contributed by atoms with Crippen molar-refractivity contribution in [3.05, 3.63) is 40.0 Å². The first-order chi connectivity index (χ1) is 15.1. The number of likely N-dealkylation sites (tertiary alicyclic amines) is 1. The number of anilines is 3. The van der Waals surface area contributed by atoms with Crippen molar-refractivity contribution in [2.45, 2.75) is 32.9 Å². The SMILES string of the molecule is Cc1nc(NC2CN(C(=O)c3cc(F)c(Cl)c(F)c3)C2)nc2c1NC(=O)[C@H](C(C)C)N2C.S. The van der Waals surface area contributed by atoms with Crippen molar-refractivity contribution in [2.75, 3.05) is 35.7 Å². The fourth-order valence-electron chi connectivity index (χ4n) is 4.06. The lowest BCUT2D eigenvalue weighted by molar-refractivity contribution is -0.118. The molecule has 2 aliphatic heterocycles. The molecule has 0 bridgehead atoms. The number of nitrogens with one attached hydrogen (secondary N) is 2. The summed E-state index contributed by atoms with van der Waals surface area (Å²) in [6.45, 7) is 6.38. The summed E-state index contributed by atoms with van der Waals surface area (Å²) in [6.07, 6.45) is 0.